The van der Waals surface area contributed by atoms with Crippen molar-refractivity contribution in [3.8, 4) is 11.1 Å². The summed E-state index contributed by atoms with van der Waals surface area (Å²) in [5.41, 5.74) is 10.1. The van der Waals surface area contributed by atoms with Crippen molar-refractivity contribution in [1.82, 2.24) is 9.78 Å². The van der Waals surface area contributed by atoms with Crippen LogP contribution in [0.25, 0.3) is 11.1 Å². The van der Waals surface area contributed by atoms with E-state index in [1.807, 2.05) is 41.3 Å². The normalized spacial score (nSPS) is 10.2. The molecule has 2 rings (SSSR count). The number of benzene rings is 1. The number of aromatic nitrogens is 2. The number of hydrogen-bond acceptors (Lipinski definition) is 2. The van der Waals surface area contributed by atoms with Crippen molar-refractivity contribution in [2.45, 2.75) is 20.4 Å². The molecule has 0 spiro atoms. The molecule has 0 aliphatic rings. The van der Waals surface area contributed by atoms with Gasteiger partial charge in [0.15, 0.2) is 0 Å². The van der Waals surface area contributed by atoms with Gasteiger partial charge < -0.3 is 5.73 Å². The van der Waals surface area contributed by atoms with Gasteiger partial charge in [-0.1, -0.05) is 29.8 Å². The minimum absolute atomic E-state index is 0.786. The van der Waals surface area contributed by atoms with Crippen LogP contribution in [0.2, 0.25) is 0 Å². The fourth-order valence-electron chi connectivity index (χ4n) is 1.64. The van der Waals surface area contributed by atoms with E-state index in [1.54, 1.807) is 0 Å². The molecule has 0 unspecified atom stereocenters. The van der Waals surface area contributed by atoms with Crippen LogP contribution in [0.5, 0.6) is 0 Å². The minimum Gasteiger partial charge on any atom is -0.398 e. The number of anilines is 1. The van der Waals surface area contributed by atoms with E-state index < -0.39 is 0 Å². The average Bonchev–Trinajstić information content (AvgIpc) is 2.75. The zero-order valence-corrected chi connectivity index (χ0v) is 10.2. The number of nitrogens with zero attached hydrogens (tertiary/aromatic N) is 2. The maximum Gasteiger partial charge on any atom is 0.0592 e. The SMILES string of the molecule is CC(C)=CCn1cc(-c2ccccc2N)cn1. The Morgan fingerprint density at radius 1 is 1.35 bits per heavy atom. The average molecular weight is 227 g/mol. The van der Waals surface area contributed by atoms with E-state index in [0.29, 0.717) is 0 Å². The second kappa shape index (κ2) is 4.87. The Balaban J connectivity index is 2.24. The van der Waals surface area contributed by atoms with Crippen LogP contribution in [0.15, 0.2) is 48.3 Å². The Morgan fingerprint density at radius 3 is 2.82 bits per heavy atom. The number of allylic oxidation sites excluding steroid dienone is 2. The van der Waals surface area contributed by atoms with Crippen molar-refractivity contribution in [3.63, 3.8) is 0 Å². The van der Waals surface area contributed by atoms with Crippen molar-refractivity contribution in [1.29, 1.82) is 0 Å². The lowest BCUT2D eigenvalue weighted by molar-refractivity contribution is 0.699. The molecule has 3 heteroatoms. The summed E-state index contributed by atoms with van der Waals surface area (Å²) in [5, 5.41) is 4.32. The van der Waals surface area contributed by atoms with Crippen molar-refractivity contribution in [2.75, 3.05) is 5.73 Å². The topological polar surface area (TPSA) is 43.8 Å². The van der Waals surface area contributed by atoms with Gasteiger partial charge in [-0.3, -0.25) is 4.68 Å². The van der Waals surface area contributed by atoms with Crippen LogP contribution in [0.1, 0.15) is 13.8 Å². The maximum absolute atomic E-state index is 5.94. The molecular weight excluding hydrogens is 210 g/mol. The fourth-order valence-corrected chi connectivity index (χ4v) is 1.64. The molecule has 0 fully saturated rings. The Hall–Kier alpha value is -2.03. The highest BCUT2D eigenvalue weighted by atomic mass is 15.3. The van der Waals surface area contributed by atoms with Crippen LogP contribution in [0.3, 0.4) is 0 Å². The van der Waals surface area contributed by atoms with Crippen LogP contribution < -0.4 is 5.73 Å². The van der Waals surface area contributed by atoms with Crippen molar-refractivity contribution in [3.05, 3.63) is 48.3 Å². The Labute approximate surface area is 102 Å². The van der Waals surface area contributed by atoms with Crippen LogP contribution in [-0.2, 0) is 6.54 Å². The van der Waals surface area contributed by atoms with Gasteiger partial charge in [0.2, 0.25) is 0 Å². The molecule has 1 aromatic heterocycles. The second-order valence-corrected chi connectivity index (χ2v) is 4.32. The summed E-state index contributed by atoms with van der Waals surface area (Å²) in [4.78, 5) is 0. The zero-order valence-electron chi connectivity index (χ0n) is 10.2. The standard InChI is InChI=1S/C14H17N3/c1-11(2)7-8-17-10-12(9-16-17)13-5-3-4-6-14(13)15/h3-7,9-10H,8,15H2,1-2H3. The van der Waals surface area contributed by atoms with Gasteiger partial charge in [-0.15, -0.1) is 0 Å². The second-order valence-electron chi connectivity index (χ2n) is 4.32. The maximum atomic E-state index is 5.94. The molecule has 0 bridgehead atoms. The molecule has 0 saturated heterocycles. The summed E-state index contributed by atoms with van der Waals surface area (Å²) < 4.78 is 1.91. The number of nitrogen functional groups attached to an aromatic ring is 1. The van der Waals surface area contributed by atoms with Gasteiger partial charge in [0, 0.05) is 23.0 Å². The van der Waals surface area contributed by atoms with E-state index in [-0.39, 0.29) is 0 Å². The number of rotatable bonds is 3. The molecule has 2 N–H and O–H groups in total. The Bertz CT molecular complexity index is 534. The third-order valence-electron chi connectivity index (χ3n) is 2.59. The third-order valence-corrected chi connectivity index (χ3v) is 2.59. The van der Waals surface area contributed by atoms with E-state index in [0.717, 1.165) is 23.4 Å². The molecule has 0 aliphatic carbocycles. The third kappa shape index (κ3) is 2.75. The number of para-hydroxylation sites is 1. The summed E-state index contributed by atoms with van der Waals surface area (Å²) in [6, 6.07) is 7.84. The lowest BCUT2D eigenvalue weighted by Crippen LogP contribution is -1.95. The lowest BCUT2D eigenvalue weighted by Gasteiger charge is -2.01. The predicted molar refractivity (Wildman–Crippen MR) is 71.5 cm³/mol. The highest BCUT2D eigenvalue weighted by Gasteiger charge is 2.03. The Kier molecular flexibility index (Phi) is 3.28. The molecular formula is C14H17N3. The summed E-state index contributed by atoms with van der Waals surface area (Å²) in [6.45, 7) is 4.97. The fraction of sp³-hybridized carbons (Fsp3) is 0.214. The molecule has 1 heterocycles. The van der Waals surface area contributed by atoms with Gasteiger partial charge in [-0.05, 0) is 19.9 Å². The van der Waals surface area contributed by atoms with Gasteiger partial charge in [-0.2, -0.15) is 5.10 Å². The van der Waals surface area contributed by atoms with E-state index in [4.69, 9.17) is 5.73 Å². The van der Waals surface area contributed by atoms with Crippen LogP contribution in [-0.4, -0.2) is 9.78 Å². The summed E-state index contributed by atoms with van der Waals surface area (Å²) in [6.07, 6.45) is 6.01. The molecule has 0 radical (unpaired) electrons. The van der Waals surface area contributed by atoms with Crippen LogP contribution in [0.4, 0.5) is 5.69 Å². The first-order valence-electron chi connectivity index (χ1n) is 5.67. The molecule has 2 aromatic rings. The minimum atomic E-state index is 0.786. The van der Waals surface area contributed by atoms with Crippen molar-refractivity contribution < 1.29 is 0 Å². The smallest absolute Gasteiger partial charge is 0.0592 e. The molecule has 1 aromatic carbocycles. The van der Waals surface area contributed by atoms with Gasteiger partial charge in [-0.25, -0.2) is 0 Å². The molecule has 0 saturated carbocycles. The Morgan fingerprint density at radius 2 is 2.12 bits per heavy atom. The molecule has 0 atom stereocenters. The quantitative estimate of drug-likeness (QED) is 0.646. The van der Waals surface area contributed by atoms with Gasteiger partial charge in [0.1, 0.15) is 0 Å². The summed E-state index contributed by atoms with van der Waals surface area (Å²) in [5.74, 6) is 0. The lowest BCUT2D eigenvalue weighted by atomic mass is 10.1. The largest absolute Gasteiger partial charge is 0.398 e. The van der Waals surface area contributed by atoms with E-state index in [2.05, 4.69) is 25.0 Å². The molecule has 3 nitrogen and oxygen atoms in total. The molecule has 17 heavy (non-hydrogen) atoms. The number of hydrogen-bond donors (Lipinski definition) is 1. The molecule has 0 amide bonds. The van der Waals surface area contributed by atoms with E-state index in [1.165, 1.54) is 5.57 Å². The monoisotopic (exact) mass is 227 g/mol. The van der Waals surface area contributed by atoms with E-state index >= 15 is 0 Å². The van der Waals surface area contributed by atoms with Crippen molar-refractivity contribution in [2.24, 2.45) is 0 Å². The van der Waals surface area contributed by atoms with Crippen molar-refractivity contribution >= 4 is 5.69 Å². The first-order chi connectivity index (χ1) is 8.16. The highest BCUT2D eigenvalue weighted by Crippen LogP contribution is 2.24. The predicted octanol–water partition coefficient (Wildman–Crippen LogP) is 3.10. The van der Waals surface area contributed by atoms with Crippen LogP contribution >= 0.6 is 0 Å². The summed E-state index contributed by atoms with van der Waals surface area (Å²) in [7, 11) is 0. The number of nitrogens with two attached hydrogens (primary N) is 1. The van der Waals surface area contributed by atoms with Gasteiger partial charge >= 0.3 is 0 Å². The molecule has 88 valence electrons. The first kappa shape index (κ1) is 11.5. The zero-order chi connectivity index (χ0) is 12.3. The molecule has 0 aliphatic heterocycles. The van der Waals surface area contributed by atoms with E-state index in [9.17, 15) is 0 Å². The van der Waals surface area contributed by atoms with Gasteiger partial charge in [0.25, 0.3) is 0 Å². The highest BCUT2D eigenvalue weighted by molar-refractivity contribution is 5.75. The first-order valence-corrected chi connectivity index (χ1v) is 5.67. The van der Waals surface area contributed by atoms with Crippen LogP contribution in [0, 0.1) is 0 Å². The summed E-state index contributed by atoms with van der Waals surface area (Å²) >= 11 is 0. The van der Waals surface area contributed by atoms with Gasteiger partial charge in [0.05, 0.1) is 12.7 Å².